The Morgan fingerprint density at radius 1 is 1.32 bits per heavy atom. The maximum Gasteiger partial charge on any atom is 0.341 e. The SMILES string of the molecule is CCOC(=O)c1c(NC(=O)N(C)CC)sc(C)c1C. The van der Waals surface area contributed by atoms with Gasteiger partial charge in [0.05, 0.1) is 12.2 Å². The van der Waals surface area contributed by atoms with Crippen molar-refractivity contribution in [2.24, 2.45) is 0 Å². The van der Waals surface area contributed by atoms with Crippen molar-refractivity contribution in [2.75, 3.05) is 25.5 Å². The Hall–Kier alpha value is -1.56. The van der Waals surface area contributed by atoms with Crippen molar-refractivity contribution >= 4 is 28.3 Å². The molecule has 0 radical (unpaired) electrons. The molecule has 0 aliphatic carbocycles. The summed E-state index contributed by atoms with van der Waals surface area (Å²) in [5.41, 5.74) is 1.32. The van der Waals surface area contributed by atoms with Crippen molar-refractivity contribution in [3.05, 3.63) is 16.0 Å². The lowest BCUT2D eigenvalue weighted by Crippen LogP contribution is -2.31. The highest BCUT2D eigenvalue weighted by Gasteiger charge is 2.22. The largest absolute Gasteiger partial charge is 0.462 e. The quantitative estimate of drug-likeness (QED) is 0.865. The molecule has 106 valence electrons. The van der Waals surface area contributed by atoms with E-state index in [9.17, 15) is 9.59 Å². The molecule has 19 heavy (non-hydrogen) atoms. The van der Waals surface area contributed by atoms with Gasteiger partial charge >= 0.3 is 12.0 Å². The molecular formula is C13H20N2O3S. The molecule has 0 aromatic carbocycles. The van der Waals surface area contributed by atoms with E-state index < -0.39 is 0 Å². The van der Waals surface area contributed by atoms with Gasteiger partial charge in [0.1, 0.15) is 5.00 Å². The van der Waals surface area contributed by atoms with E-state index in [-0.39, 0.29) is 12.0 Å². The fraction of sp³-hybridized carbons (Fsp3) is 0.538. The summed E-state index contributed by atoms with van der Waals surface area (Å²) in [6.07, 6.45) is 0. The molecule has 0 saturated heterocycles. The predicted molar refractivity (Wildman–Crippen MR) is 77.1 cm³/mol. The maximum absolute atomic E-state index is 11.9. The van der Waals surface area contributed by atoms with E-state index in [1.807, 2.05) is 20.8 Å². The molecule has 0 aliphatic heterocycles. The van der Waals surface area contributed by atoms with Crippen molar-refractivity contribution in [2.45, 2.75) is 27.7 Å². The van der Waals surface area contributed by atoms with Crippen LogP contribution in [0.1, 0.15) is 34.6 Å². The molecule has 0 saturated carbocycles. The topological polar surface area (TPSA) is 58.6 Å². The third kappa shape index (κ3) is 3.47. The van der Waals surface area contributed by atoms with Crippen LogP contribution in [0.25, 0.3) is 0 Å². The zero-order valence-corrected chi connectivity index (χ0v) is 12.8. The maximum atomic E-state index is 11.9. The van der Waals surface area contributed by atoms with Crippen LogP contribution in [0, 0.1) is 13.8 Å². The number of aryl methyl sites for hydroxylation is 1. The van der Waals surface area contributed by atoms with Gasteiger partial charge in [0.2, 0.25) is 0 Å². The number of nitrogens with zero attached hydrogens (tertiary/aromatic N) is 1. The number of carbonyl (C=O) groups is 2. The molecule has 1 N–H and O–H groups in total. The lowest BCUT2D eigenvalue weighted by molar-refractivity contribution is 0.0527. The Kier molecular flexibility index (Phi) is 5.35. The fourth-order valence-corrected chi connectivity index (χ4v) is 2.54. The number of rotatable bonds is 4. The summed E-state index contributed by atoms with van der Waals surface area (Å²) in [6.45, 7) is 8.34. The first-order valence-electron chi connectivity index (χ1n) is 6.21. The summed E-state index contributed by atoms with van der Waals surface area (Å²) in [4.78, 5) is 26.3. The minimum Gasteiger partial charge on any atom is -0.462 e. The van der Waals surface area contributed by atoms with E-state index in [4.69, 9.17) is 4.74 Å². The Balaban J connectivity index is 3.04. The van der Waals surface area contributed by atoms with Gasteiger partial charge in [-0.25, -0.2) is 9.59 Å². The van der Waals surface area contributed by atoms with Crippen LogP contribution in [-0.2, 0) is 4.74 Å². The molecule has 2 amide bonds. The van der Waals surface area contributed by atoms with Gasteiger partial charge in [-0.3, -0.25) is 5.32 Å². The minimum atomic E-state index is -0.390. The standard InChI is InChI=1S/C13H20N2O3S/c1-6-15(5)13(17)14-11-10(12(16)18-7-2)8(3)9(4)19-11/h6-7H2,1-5H3,(H,14,17). The van der Waals surface area contributed by atoms with Crippen molar-refractivity contribution in [1.29, 1.82) is 0 Å². The molecule has 0 atom stereocenters. The summed E-state index contributed by atoms with van der Waals surface area (Å²) in [5, 5.41) is 3.32. The van der Waals surface area contributed by atoms with Crippen molar-refractivity contribution in [1.82, 2.24) is 4.90 Å². The van der Waals surface area contributed by atoms with E-state index in [1.165, 1.54) is 11.3 Å². The molecule has 6 heteroatoms. The van der Waals surface area contributed by atoms with Gasteiger partial charge in [-0.05, 0) is 33.3 Å². The van der Waals surface area contributed by atoms with Crippen LogP contribution in [0.2, 0.25) is 0 Å². The van der Waals surface area contributed by atoms with Crippen molar-refractivity contribution in [3.8, 4) is 0 Å². The highest BCUT2D eigenvalue weighted by atomic mass is 32.1. The van der Waals surface area contributed by atoms with Crippen LogP contribution in [0.3, 0.4) is 0 Å². The number of hydrogen-bond donors (Lipinski definition) is 1. The number of carbonyl (C=O) groups excluding carboxylic acids is 2. The van der Waals surface area contributed by atoms with Gasteiger partial charge < -0.3 is 9.64 Å². The van der Waals surface area contributed by atoms with Gasteiger partial charge in [0.25, 0.3) is 0 Å². The first-order valence-corrected chi connectivity index (χ1v) is 7.03. The zero-order valence-electron chi connectivity index (χ0n) is 12.0. The van der Waals surface area contributed by atoms with Crippen molar-refractivity contribution in [3.63, 3.8) is 0 Å². The van der Waals surface area contributed by atoms with Gasteiger partial charge in [-0.2, -0.15) is 0 Å². The molecule has 0 bridgehead atoms. The van der Waals surface area contributed by atoms with Gasteiger partial charge in [-0.15, -0.1) is 11.3 Å². The normalized spacial score (nSPS) is 10.2. The zero-order chi connectivity index (χ0) is 14.6. The highest BCUT2D eigenvalue weighted by Crippen LogP contribution is 2.33. The average Bonchev–Trinajstić information content (AvgIpc) is 2.64. The number of ether oxygens (including phenoxy) is 1. The van der Waals surface area contributed by atoms with Crippen LogP contribution >= 0.6 is 11.3 Å². The summed E-state index contributed by atoms with van der Waals surface area (Å²) in [6, 6.07) is -0.228. The lowest BCUT2D eigenvalue weighted by atomic mass is 10.1. The average molecular weight is 284 g/mol. The Labute approximate surface area is 117 Å². The smallest absolute Gasteiger partial charge is 0.341 e. The van der Waals surface area contributed by atoms with Gasteiger partial charge in [-0.1, -0.05) is 0 Å². The summed E-state index contributed by atoms with van der Waals surface area (Å²) in [7, 11) is 1.70. The second-order valence-corrected chi connectivity index (χ2v) is 5.38. The number of anilines is 1. The molecule has 1 heterocycles. The Morgan fingerprint density at radius 2 is 1.95 bits per heavy atom. The molecule has 1 aromatic rings. The molecule has 0 fully saturated rings. The van der Waals surface area contributed by atoms with Gasteiger partial charge in [0, 0.05) is 18.5 Å². The molecular weight excluding hydrogens is 264 g/mol. The first-order chi connectivity index (χ1) is 8.92. The number of esters is 1. The van der Waals surface area contributed by atoms with Crippen LogP contribution < -0.4 is 5.32 Å². The minimum absolute atomic E-state index is 0.228. The number of amides is 2. The summed E-state index contributed by atoms with van der Waals surface area (Å²) < 4.78 is 5.03. The third-order valence-corrected chi connectivity index (χ3v) is 4.03. The van der Waals surface area contributed by atoms with Crippen LogP contribution in [0.5, 0.6) is 0 Å². The number of nitrogens with one attached hydrogen (secondary N) is 1. The van der Waals surface area contributed by atoms with Crippen LogP contribution in [0.15, 0.2) is 0 Å². The van der Waals surface area contributed by atoms with Crippen molar-refractivity contribution < 1.29 is 14.3 Å². The highest BCUT2D eigenvalue weighted by molar-refractivity contribution is 7.16. The summed E-state index contributed by atoms with van der Waals surface area (Å²) in [5.74, 6) is -0.390. The number of thiophene rings is 1. The molecule has 0 unspecified atom stereocenters. The first kappa shape index (κ1) is 15.5. The van der Waals surface area contributed by atoms with Crippen LogP contribution in [-0.4, -0.2) is 37.1 Å². The monoisotopic (exact) mass is 284 g/mol. The predicted octanol–water partition coefficient (Wildman–Crippen LogP) is 3.03. The van der Waals surface area contributed by atoms with E-state index >= 15 is 0 Å². The molecule has 0 aliphatic rings. The lowest BCUT2D eigenvalue weighted by Gasteiger charge is -2.15. The fourth-order valence-electron chi connectivity index (χ4n) is 1.50. The Morgan fingerprint density at radius 3 is 2.47 bits per heavy atom. The van der Waals surface area contributed by atoms with E-state index in [1.54, 1.807) is 18.9 Å². The molecule has 0 spiro atoms. The molecule has 5 nitrogen and oxygen atoms in total. The summed E-state index contributed by atoms with van der Waals surface area (Å²) >= 11 is 1.39. The van der Waals surface area contributed by atoms with Crippen LogP contribution in [0.4, 0.5) is 9.80 Å². The second-order valence-electron chi connectivity index (χ2n) is 4.15. The Bertz CT molecular complexity index is 482. The third-order valence-electron chi connectivity index (χ3n) is 2.91. The van der Waals surface area contributed by atoms with E-state index in [2.05, 4.69) is 5.32 Å². The number of hydrogen-bond acceptors (Lipinski definition) is 4. The van der Waals surface area contributed by atoms with Gasteiger partial charge in [0.15, 0.2) is 0 Å². The molecule has 1 rings (SSSR count). The molecule has 1 aromatic heterocycles. The number of urea groups is 1. The van der Waals surface area contributed by atoms with E-state index in [0.29, 0.717) is 23.7 Å². The second kappa shape index (κ2) is 6.56. The van der Waals surface area contributed by atoms with E-state index in [0.717, 1.165) is 10.4 Å².